The molecule has 0 amide bonds. The molecule has 3 aromatic rings. The largest absolute Gasteiger partial charge is 0.410 e. The minimum atomic E-state index is -0.878. The molecule has 2 N–H and O–H groups in total. The zero-order chi connectivity index (χ0) is 28.2. The number of aliphatic hydroxyl groups excluding tert-OH is 1. The molecule has 5 heteroatoms. The van der Waals surface area contributed by atoms with Crippen molar-refractivity contribution < 1.29 is 14.3 Å². The topological polar surface area (TPSA) is 50.7 Å². The van der Waals surface area contributed by atoms with E-state index in [0.717, 1.165) is 6.42 Å². The summed E-state index contributed by atoms with van der Waals surface area (Å²) in [6.45, 7) is 16.4. The first kappa shape index (κ1) is 29.9. The van der Waals surface area contributed by atoms with Crippen LogP contribution in [0.5, 0.6) is 0 Å². The number of benzene rings is 3. The van der Waals surface area contributed by atoms with Crippen LogP contribution >= 0.6 is 0 Å². The van der Waals surface area contributed by atoms with Gasteiger partial charge in [-0.15, -0.1) is 0 Å². The van der Waals surface area contributed by atoms with Crippen LogP contribution in [-0.4, -0.2) is 38.9 Å². The third kappa shape index (κ3) is 8.48. The van der Waals surface area contributed by atoms with Gasteiger partial charge in [0.05, 0.1) is 24.9 Å². The first-order valence-electron chi connectivity index (χ1n) is 14.5. The lowest BCUT2D eigenvalue weighted by molar-refractivity contribution is -0.0231. The molecule has 0 aliphatic heterocycles. The molecule has 4 rings (SSSR count). The number of ether oxygens (including phenoxy) is 1. The fraction of sp³-hybridized carbons (Fsp3) is 0.529. The Morgan fingerprint density at radius 3 is 2.18 bits per heavy atom. The summed E-state index contributed by atoms with van der Waals surface area (Å²) in [5.74, 6) is 0.504. The summed E-state index contributed by atoms with van der Waals surface area (Å²) in [7, 11) is -0.878. The molecule has 1 aliphatic rings. The number of hydrogen-bond donors (Lipinski definition) is 2. The van der Waals surface area contributed by atoms with Gasteiger partial charge in [-0.3, -0.25) is 0 Å². The number of hydrogen-bond acceptors (Lipinski definition) is 4. The van der Waals surface area contributed by atoms with E-state index in [2.05, 4.69) is 120 Å². The fourth-order valence-corrected chi connectivity index (χ4v) is 6.37. The number of β-amino-alcohol motifs (C(OH)–C–C–N with tert-alkyl or cyclic N) is 1. The van der Waals surface area contributed by atoms with Gasteiger partial charge in [-0.2, -0.15) is 0 Å². The highest BCUT2D eigenvalue weighted by molar-refractivity contribution is 6.48. The van der Waals surface area contributed by atoms with Gasteiger partial charge in [0.2, 0.25) is 9.04 Å². The van der Waals surface area contributed by atoms with Gasteiger partial charge in [-0.25, -0.2) is 0 Å². The maximum Gasteiger partial charge on any atom is 0.205 e. The molecule has 4 nitrogen and oxygen atoms in total. The molecule has 0 bridgehead atoms. The molecule has 0 spiro atoms. The lowest BCUT2D eigenvalue weighted by atomic mass is 9.81. The predicted octanol–water partition coefficient (Wildman–Crippen LogP) is 7.63. The van der Waals surface area contributed by atoms with E-state index < -0.39 is 15.1 Å². The van der Waals surface area contributed by atoms with Crippen LogP contribution in [0.25, 0.3) is 10.8 Å². The Morgan fingerprint density at radius 1 is 0.897 bits per heavy atom. The summed E-state index contributed by atoms with van der Waals surface area (Å²) in [4.78, 5) is 0. The Balaban J connectivity index is 1.38. The molecule has 1 fully saturated rings. The molecule has 3 aromatic carbocycles. The Kier molecular flexibility index (Phi) is 9.72. The maximum atomic E-state index is 10.9. The second kappa shape index (κ2) is 12.7. The van der Waals surface area contributed by atoms with Crippen molar-refractivity contribution in [3.05, 3.63) is 83.4 Å². The summed E-state index contributed by atoms with van der Waals surface area (Å²) in [5, 5.41) is 17.0. The highest BCUT2D eigenvalue weighted by Gasteiger charge is 2.38. The second-order valence-electron chi connectivity index (χ2n) is 13.3. The van der Waals surface area contributed by atoms with E-state index in [1.807, 2.05) is 0 Å². The molecule has 1 radical (unpaired) electrons. The zero-order valence-corrected chi connectivity index (χ0v) is 26.0. The van der Waals surface area contributed by atoms with E-state index in [1.54, 1.807) is 0 Å². The van der Waals surface area contributed by atoms with Crippen LogP contribution in [-0.2, 0) is 15.6 Å². The molecule has 0 saturated heterocycles. The average molecular weight is 547 g/mol. The van der Waals surface area contributed by atoms with E-state index in [4.69, 9.17) is 9.16 Å². The van der Waals surface area contributed by atoms with Crippen LogP contribution in [0.2, 0.25) is 13.1 Å². The van der Waals surface area contributed by atoms with Crippen molar-refractivity contribution in [1.82, 2.24) is 5.32 Å². The van der Waals surface area contributed by atoms with Crippen molar-refractivity contribution in [2.24, 2.45) is 11.3 Å². The molecule has 1 saturated carbocycles. The Bertz CT molecular complexity index is 1210. The highest BCUT2D eigenvalue weighted by atomic mass is 28.3. The Hall–Kier alpha value is -2.02. The number of fused-ring (bicyclic) bond motifs is 1. The van der Waals surface area contributed by atoms with Gasteiger partial charge in [0.25, 0.3) is 0 Å². The van der Waals surface area contributed by atoms with Gasteiger partial charge >= 0.3 is 0 Å². The van der Waals surface area contributed by atoms with Crippen LogP contribution in [0.15, 0.2) is 66.7 Å². The number of rotatable bonds is 13. The summed E-state index contributed by atoms with van der Waals surface area (Å²) < 4.78 is 13.1. The minimum Gasteiger partial charge on any atom is -0.410 e. The quantitative estimate of drug-likeness (QED) is 0.216. The third-order valence-corrected chi connectivity index (χ3v) is 8.23. The molecule has 1 aliphatic carbocycles. The van der Waals surface area contributed by atoms with Gasteiger partial charge in [-0.05, 0) is 85.0 Å². The van der Waals surface area contributed by atoms with E-state index in [-0.39, 0.29) is 23.2 Å². The van der Waals surface area contributed by atoms with E-state index in [1.165, 1.54) is 40.3 Å². The monoisotopic (exact) mass is 546 g/mol. The Morgan fingerprint density at radius 2 is 1.54 bits per heavy atom. The van der Waals surface area contributed by atoms with Crippen molar-refractivity contribution in [2.45, 2.75) is 90.8 Å². The van der Waals surface area contributed by atoms with E-state index >= 15 is 0 Å². The summed E-state index contributed by atoms with van der Waals surface area (Å²) >= 11 is 0. The van der Waals surface area contributed by atoms with Crippen LogP contribution < -0.4 is 5.32 Å². The smallest absolute Gasteiger partial charge is 0.205 e. The van der Waals surface area contributed by atoms with Crippen LogP contribution in [0.1, 0.15) is 76.4 Å². The van der Waals surface area contributed by atoms with Crippen LogP contribution in [0, 0.1) is 11.3 Å². The molecule has 39 heavy (non-hydrogen) atoms. The van der Waals surface area contributed by atoms with Crippen molar-refractivity contribution in [1.29, 1.82) is 0 Å². The normalized spacial score (nSPS) is 16.9. The summed E-state index contributed by atoms with van der Waals surface area (Å²) in [6, 6.07) is 23.8. The van der Waals surface area contributed by atoms with E-state index in [0.29, 0.717) is 19.1 Å². The molecule has 0 aromatic heterocycles. The fourth-order valence-electron chi connectivity index (χ4n) is 5.42. The van der Waals surface area contributed by atoms with Gasteiger partial charge < -0.3 is 19.6 Å². The predicted molar refractivity (Wildman–Crippen MR) is 164 cm³/mol. The second-order valence-corrected chi connectivity index (χ2v) is 15.3. The SMILES string of the molecule is C[Si](C)OC(c1ccccc1C(OC[C@H](O)CNC(C)(C)Cc1ccc2ccccc2c1)C1CC1)C(C)(C)C. The lowest BCUT2D eigenvalue weighted by Gasteiger charge is -2.35. The summed E-state index contributed by atoms with van der Waals surface area (Å²) in [6.07, 6.45) is 2.65. The number of aliphatic hydroxyl groups is 1. The molecule has 3 atom stereocenters. The lowest BCUT2D eigenvalue weighted by Crippen LogP contribution is -2.46. The van der Waals surface area contributed by atoms with Crippen molar-refractivity contribution in [3.8, 4) is 0 Å². The molecule has 2 unspecified atom stereocenters. The minimum absolute atomic E-state index is 0.0145. The third-order valence-electron chi connectivity index (χ3n) is 7.52. The molecular weight excluding hydrogens is 498 g/mol. The van der Waals surface area contributed by atoms with Crippen molar-refractivity contribution in [3.63, 3.8) is 0 Å². The van der Waals surface area contributed by atoms with Gasteiger partial charge in [-0.1, -0.05) is 87.5 Å². The summed E-state index contributed by atoms with van der Waals surface area (Å²) in [5.41, 5.74) is 3.58. The Labute approximate surface area is 237 Å². The molecule has 211 valence electrons. The molecular formula is C34H48NO3Si. The van der Waals surface area contributed by atoms with E-state index in [9.17, 15) is 5.11 Å². The van der Waals surface area contributed by atoms with Crippen molar-refractivity contribution in [2.75, 3.05) is 13.2 Å². The highest BCUT2D eigenvalue weighted by Crippen LogP contribution is 2.47. The zero-order valence-electron chi connectivity index (χ0n) is 25.0. The number of nitrogens with one attached hydrogen (secondary N) is 1. The van der Waals surface area contributed by atoms with Crippen LogP contribution in [0.4, 0.5) is 0 Å². The van der Waals surface area contributed by atoms with Gasteiger partial charge in [0.1, 0.15) is 0 Å². The first-order valence-corrected chi connectivity index (χ1v) is 16.9. The maximum absolute atomic E-state index is 10.9. The van der Waals surface area contributed by atoms with Crippen LogP contribution in [0.3, 0.4) is 0 Å². The van der Waals surface area contributed by atoms with Crippen molar-refractivity contribution >= 4 is 19.8 Å². The standard InChI is InChI=1S/C34H48NO3Si/c1-33(2,3)32(38-39(6)7)30-15-11-10-14-29(30)31(26-18-19-26)37-23-28(36)22-35-34(4,5)21-24-16-17-25-12-8-9-13-27(25)20-24/h8-17,20,26,28,31-32,35-36H,18-19,21-23H2,1-7H3/t28-,31?,32?/m1/s1. The van der Waals surface area contributed by atoms with Gasteiger partial charge in [0.15, 0.2) is 0 Å². The average Bonchev–Trinajstić information content (AvgIpc) is 3.71. The first-order chi connectivity index (χ1) is 18.4. The van der Waals surface area contributed by atoms with Gasteiger partial charge in [0, 0.05) is 12.1 Å². The molecule has 0 heterocycles.